The summed E-state index contributed by atoms with van der Waals surface area (Å²) in [6.07, 6.45) is 0. The Hall–Kier alpha value is -0.980. The zero-order chi connectivity index (χ0) is 10.9. The van der Waals surface area contributed by atoms with E-state index in [-0.39, 0.29) is 17.0 Å². The van der Waals surface area contributed by atoms with Crippen molar-refractivity contribution >= 4 is 34.1 Å². The number of rotatable bonds is 2. The number of hydrogen-bond acceptors (Lipinski definition) is 3. The maximum atomic E-state index is 11.1. The molecule has 1 aromatic rings. The number of nitrogens with zero attached hydrogens (tertiary/aromatic N) is 1. The lowest BCUT2D eigenvalue weighted by atomic mass is 10.1. The zero-order valence-corrected chi connectivity index (χ0v) is 9.86. The van der Waals surface area contributed by atoms with E-state index in [1.807, 2.05) is 22.6 Å². The van der Waals surface area contributed by atoms with E-state index >= 15 is 0 Å². The maximum Gasteiger partial charge on any atom is 0.293 e. The van der Waals surface area contributed by atoms with Crippen molar-refractivity contribution in [3.63, 3.8) is 0 Å². The molecule has 0 amide bonds. The molecule has 0 aromatic heterocycles. The second-order valence-electron chi connectivity index (χ2n) is 2.91. The van der Waals surface area contributed by atoms with Crippen LogP contribution in [0.4, 0.5) is 5.69 Å². The molecule has 1 rings (SSSR count). The molecule has 0 aliphatic carbocycles. The van der Waals surface area contributed by atoms with Crippen LogP contribution in [-0.4, -0.2) is 10.7 Å². The van der Waals surface area contributed by atoms with Crippen LogP contribution in [0, 0.1) is 20.6 Å². The molecule has 0 saturated carbocycles. The lowest BCUT2D eigenvalue weighted by Crippen LogP contribution is -2.03. The van der Waals surface area contributed by atoms with Crippen LogP contribution in [0.25, 0.3) is 0 Å². The smallest absolute Gasteiger partial charge is 0.293 e. The average Bonchev–Trinajstić information content (AvgIpc) is 2.08. The van der Waals surface area contributed by atoms with Gasteiger partial charge in [-0.05, 0) is 48.1 Å². The second-order valence-corrected chi connectivity index (χ2v) is 3.98. The third-order valence-corrected chi connectivity index (χ3v) is 3.23. The molecule has 0 unspecified atom stereocenters. The molecule has 0 aliphatic rings. The fourth-order valence-electron chi connectivity index (χ4n) is 1.13. The van der Waals surface area contributed by atoms with Gasteiger partial charge in [-0.15, -0.1) is 0 Å². The Morgan fingerprint density at radius 2 is 2.07 bits per heavy atom. The van der Waals surface area contributed by atoms with E-state index in [0.717, 1.165) is 5.56 Å². The monoisotopic (exact) mass is 305 g/mol. The standard InChI is InChI=1S/C9H8INO3/c1-5-3-4-7(6(2)12)9(8(5)10)11(13)14/h3-4H,1-2H3. The first kappa shape index (κ1) is 11.1. The zero-order valence-electron chi connectivity index (χ0n) is 7.70. The summed E-state index contributed by atoms with van der Waals surface area (Å²) in [6, 6.07) is 3.21. The van der Waals surface area contributed by atoms with E-state index in [9.17, 15) is 14.9 Å². The van der Waals surface area contributed by atoms with Crippen LogP contribution in [0.1, 0.15) is 22.8 Å². The third kappa shape index (κ3) is 1.92. The minimum atomic E-state index is -0.508. The number of benzene rings is 1. The number of Topliss-reactive ketones (excluding diaryl/α,β-unsaturated/α-hetero) is 1. The van der Waals surface area contributed by atoms with Gasteiger partial charge in [-0.3, -0.25) is 14.9 Å². The van der Waals surface area contributed by atoms with Gasteiger partial charge in [-0.2, -0.15) is 0 Å². The summed E-state index contributed by atoms with van der Waals surface area (Å²) in [7, 11) is 0. The van der Waals surface area contributed by atoms with Crippen molar-refractivity contribution in [2.24, 2.45) is 0 Å². The van der Waals surface area contributed by atoms with Crippen LogP contribution in [-0.2, 0) is 0 Å². The van der Waals surface area contributed by atoms with Crippen LogP contribution in [0.15, 0.2) is 12.1 Å². The molecule has 74 valence electrons. The summed E-state index contributed by atoms with van der Waals surface area (Å²) in [4.78, 5) is 21.4. The molecule has 0 atom stereocenters. The fourth-order valence-corrected chi connectivity index (χ4v) is 1.80. The Morgan fingerprint density at radius 3 is 2.50 bits per heavy atom. The highest BCUT2D eigenvalue weighted by Crippen LogP contribution is 2.28. The lowest BCUT2D eigenvalue weighted by Gasteiger charge is -2.03. The molecule has 1 aromatic carbocycles. The Balaban J connectivity index is 3.53. The summed E-state index contributed by atoms with van der Waals surface area (Å²) in [5.41, 5.74) is 0.894. The van der Waals surface area contributed by atoms with Gasteiger partial charge < -0.3 is 0 Å². The largest absolute Gasteiger partial charge is 0.294 e. The van der Waals surface area contributed by atoms with E-state index in [1.165, 1.54) is 13.0 Å². The van der Waals surface area contributed by atoms with Crippen molar-refractivity contribution in [2.75, 3.05) is 0 Å². The molecule has 0 radical (unpaired) electrons. The van der Waals surface area contributed by atoms with Gasteiger partial charge in [0.2, 0.25) is 0 Å². The van der Waals surface area contributed by atoms with Gasteiger partial charge in [0.25, 0.3) is 5.69 Å². The number of hydrogen-bond donors (Lipinski definition) is 0. The van der Waals surface area contributed by atoms with Crippen molar-refractivity contribution in [2.45, 2.75) is 13.8 Å². The van der Waals surface area contributed by atoms with Gasteiger partial charge in [0, 0.05) is 0 Å². The van der Waals surface area contributed by atoms with Crippen molar-refractivity contribution in [3.05, 3.63) is 36.9 Å². The quantitative estimate of drug-likeness (QED) is 0.365. The Kier molecular flexibility index (Phi) is 3.20. The first-order valence-corrected chi connectivity index (χ1v) is 4.97. The van der Waals surface area contributed by atoms with Crippen molar-refractivity contribution < 1.29 is 9.72 Å². The summed E-state index contributed by atoms with van der Waals surface area (Å²) in [5, 5.41) is 10.7. The van der Waals surface area contributed by atoms with Gasteiger partial charge in [0.15, 0.2) is 5.78 Å². The van der Waals surface area contributed by atoms with Crippen LogP contribution in [0.2, 0.25) is 0 Å². The van der Waals surface area contributed by atoms with Crippen molar-refractivity contribution in [1.29, 1.82) is 0 Å². The number of nitro groups is 1. The van der Waals surface area contributed by atoms with Crippen LogP contribution in [0.5, 0.6) is 0 Å². The molecule has 5 heteroatoms. The molecular weight excluding hydrogens is 297 g/mol. The summed E-state index contributed by atoms with van der Waals surface area (Å²) >= 11 is 1.89. The normalized spacial score (nSPS) is 9.93. The summed E-state index contributed by atoms with van der Waals surface area (Å²) < 4.78 is 0.528. The average molecular weight is 305 g/mol. The van der Waals surface area contributed by atoms with Crippen LogP contribution < -0.4 is 0 Å². The number of nitro benzene ring substituents is 1. The highest BCUT2D eigenvalue weighted by atomic mass is 127. The highest BCUT2D eigenvalue weighted by molar-refractivity contribution is 14.1. The Labute approximate surface area is 94.6 Å². The molecule has 4 nitrogen and oxygen atoms in total. The van der Waals surface area contributed by atoms with Gasteiger partial charge >= 0.3 is 0 Å². The number of aryl methyl sites for hydroxylation is 1. The predicted molar refractivity (Wildman–Crippen MR) is 60.6 cm³/mol. The number of carbonyl (C=O) groups is 1. The Morgan fingerprint density at radius 1 is 1.50 bits per heavy atom. The van der Waals surface area contributed by atoms with Crippen molar-refractivity contribution in [3.8, 4) is 0 Å². The van der Waals surface area contributed by atoms with E-state index in [2.05, 4.69) is 0 Å². The molecule has 0 heterocycles. The number of halogens is 1. The molecular formula is C9H8INO3. The van der Waals surface area contributed by atoms with Gasteiger partial charge in [-0.1, -0.05) is 6.07 Å². The molecule has 0 saturated heterocycles. The van der Waals surface area contributed by atoms with E-state index in [0.29, 0.717) is 3.57 Å². The summed E-state index contributed by atoms with van der Waals surface area (Å²) in [6.45, 7) is 3.10. The van der Waals surface area contributed by atoms with Crippen molar-refractivity contribution in [1.82, 2.24) is 0 Å². The minimum Gasteiger partial charge on any atom is -0.294 e. The van der Waals surface area contributed by atoms with Gasteiger partial charge in [-0.25, -0.2) is 0 Å². The van der Waals surface area contributed by atoms with E-state index in [4.69, 9.17) is 0 Å². The maximum absolute atomic E-state index is 11.1. The molecule has 0 N–H and O–H groups in total. The Bertz CT molecular complexity index is 415. The molecule has 14 heavy (non-hydrogen) atoms. The van der Waals surface area contributed by atoms with Crippen LogP contribution in [0.3, 0.4) is 0 Å². The summed E-state index contributed by atoms with van der Waals surface area (Å²) in [5.74, 6) is -0.283. The topological polar surface area (TPSA) is 60.2 Å². The molecule has 0 spiro atoms. The third-order valence-electron chi connectivity index (χ3n) is 1.87. The minimum absolute atomic E-state index is 0.0851. The molecule has 0 fully saturated rings. The number of ketones is 1. The van der Waals surface area contributed by atoms with Crippen LogP contribution >= 0.6 is 22.6 Å². The first-order chi connectivity index (χ1) is 6.45. The molecule has 0 bridgehead atoms. The van der Waals surface area contributed by atoms with Gasteiger partial charge in [0.05, 0.1) is 14.1 Å². The highest BCUT2D eigenvalue weighted by Gasteiger charge is 2.22. The second kappa shape index (κ2) is 4.04. The van der Waals surface area contributed by atoms with Gasteiger partial charge in [0.1, 0.15) is 0 Å². The predicted octanol–water partition coefficient (Wildman–Crippen LogP) is 2.71. The molecule has 0 aliphatic heterocycles. The first-order valence-electron chi connectivity index (χ1n) is 3.89. The van der Waals surface area contributed by atoms with E-state index < -0.39 is 4.92 Å². The van der Waals surface area contributed by atoms with E-state index in [1.54, 1.807) is 13.0 Å². The lowest BCUT2D eigenvalue weighted by molar-refractivity contribution is -0.386. The number of carbonyl (C=O) groups excluding carboxylic acids is 1. The fraction of sp³-hybridized carbons (Fsp3) is 0.222. The SMILES string of the molecule is CC(=O)c1ccc(C)c(I)c1[N+](=O)[O-].